The Kier molecular flexibility index (Phi) is 8.04. The molecule has 1 saturated heterocycles. The molecule has 1 N–H and O–H groups in total. The molecule has 2 aliphatic rings. The molecular formula is C29H29Cl2N7O3. The van der Waals surface area contributed by atoms with Crippen LogP contribution in [0.5, 0.6) is 11.6 Å². The number of carbonyl (C=O) groups is 1. The lowest BCUT2D eigenvalue weighted by Crippen LogP contribution is -2.34. The van der Waals surface area contributed by atoms with Gasteiger partial charge in [0.05, 0.1) is 36.7 Å². The zero-order chi connectivity index (χ0) is 28.3. The molecule has 5 heterocycles. The molecule has 0 spiro atoms. The highest BCUT2D eigenvalue weighted by atomic mass is 35.5. The van der Waals surface area contributed by atoms with Crippen molar-refractivity contribution in [1.29, 1.82) is 0 Å². The second-order valence-electron chi connectivity index (χ2n) is 10.5. The maximum Gasteiger partial charge on any atom is 0.303 e. The summed E-state index contributed by atoms with van der Waals surface area (Å²) in [7, 11) is 0. The lowest BCUT2D eigenvalue weighted by atomic mass is 9.93. The Morgan fingerprint density at radius 3 is 2.46 bits per heavy atom. The summed E-state index contributed by atoms with van der Waals surface area (Å²) in [5.74, 6) is 1.01. The normalized spacial score (nSPS) is 16.0. The van der Waals surface area contributed by atoms with Gasteiger partial charge in [0, 0.05) is 53.9 Å². The van der Waals surface area contributed by atoms with E-state index in [2.05, 4.69) is 29.3 Å². The van der Waals surface area contributed by atoms with Crippen LogP contribution in [0.15, 0.2) is 55.2 Å². The minimum atomic E-state index is -0.732. The van der Waals surface area contributed by atoms with Crippen molar-refractivity contribution in [2.24, 2.45) is 5.92 Å². The van der Waals surface area contributed by atoms with Crippen molar-refractivity contribution in [2.45, 2.75) is 38.9 Å². The van der Waals surface area contributed by atoms with Crippen LogP contribution >= 0.6 is 23.2 Å². The molecule has 6 rings (SSSR count). The van der Waals surface area contributed by atoms with E-state index in [4.69, 9.17) is 38.0 Å². The number of rotatable bonds is 8. The summed E-state index contributed by atoms with van der Waals surface area (Å²) in [6.07, 6.45) is 8.98. The summed E-state index contributed by atoms with van der Waals surface area (Å²) in [4.78, 5) is 33.6. The van der Waals surface area contributed by atoms with Gasteiger partial charge in [0.1, 0.15) is 0 Å². The smallest absolute Gasteiger partial charge is 0.303 e. The molecule has 2 aliphatic heterocycles. The highest BCUT2D eigenvalue weighted by Crippen LogP contribution is 2.31. The maximum absolute atomic E-state index is 11.1. The summed E-state index contributed by atoms with van der Waals surface area (Å²) in [6.45, 7) is 4.68. The molecular weight excluding hydrogens is 565 g/mol. The molecule has 0 atom stereocenters. The number of carboxylic acid groups (broad SMARTS) is 1. The van der Waals surface area contributed by atoms with Crippen LogP contribution in [0.4, 0.5) is 5.95 Å². The third kappa shape index (κ3) is 6.78. The van der Waals surface area contributed by atoms with E-state index in [1.165, 1.54) is 0 Å². The van der Waals surface area contributed by atoms with Crippen molar-refractivity contribution in [2.75, 3.05) is 24.5 Å². The third-order valence-electron chi connectivity index (χ3n) is 7.48. The van der Waals surface area contributed by atoms with Crippen molar-refractivity contribution in [3.63, 3.8) is 0 Å². The Morgan fingerprint density at radius 2 is 1.73 bits per heavy atom. The maximum atomic E-state index is 11.1. The molecule has 0 saturated carbocycles. The Bertz CT molecular complexity index is 1520. The van der Waals surface area contributed by atoms with Crippen LogP contribution in [-0.2, 0) is 24.4 Å². The Balaban J connectivity index is 1.21. The number of aliphatic carboxylic acids is 1. The third-order valence-corrected chi connectivity index (χ3v) is 7.91. The molecule has 4 aromatic rings. The van der Waals surface area contributed by atoms with Crippen LogP contribution < -0.4 is 9.64 Å². The summed E-state index contributed by atoms with van der Waals surface area (Å²) in [5.41, 5.74) is 3.61. The quantitative estimate of drug-likeness (QED) is 0.281. The van der Waals surface area contributed by atoms with E-state index in [0.717, 1.165) is 55.8 Å². The fraction of sp³-hybridized carbons (Fsp3) is 0.345. The number of ether oxygens (including phenoxy) is 1. The van der Waals surface area contributed by atoms with Crippen LogP contribution in [0.2, 0.25) is 10.0 Å². The first kappa shape index (κ1) is 27.4. The number of benzene rings is 1. The molecule has 0 unspecified atom stereocenters. The van der Waals surface area contributed by atoms with Crippen molar-refractivity contribution < 1.29 is 14.6 Å². The predicted octanol–water partition coefficient (Wildman–Crippen LogP) is 5.54. The van der Waals surface area contributed by atoms with Gasteiger partial charge in [-0.25, -0.2) is 19.9 Å². The molecule has 41 heavy (non-hydrogen) atoms. The summed E-state index contributed by atoms with van der Waals surface area (Å²) >= 11 is 12.6. The number of fused-ring (bicyclic) bond motifs is 1. The SMILES string of the molecule is O=C(O)CC1CCN(Cc2cc(Oc3cnc(N4CCn5cncc5C4)nc3)nc(-c3cc(Cl)cc(Cl)c3)c2)CC1. The fourth-order valence-corrected chi connectivity index (χ4v) is 5.93. The molecule has 0 amide bonds. The van der Waals surface area contributed by atoms with Gasteiger partial charge in [-0.05, 0) is 61.7 Å². The molecule has 10 nitrogen and oxygen atoms in total. The van der Waals surface area contributed by atoms with E-state index < -0.39 is 5.97 Å². The predicted molar refractivity (Wildman–Crippen MR) is 155 cm³/mol. The van der Waals surface area contributed by atoms with Crippen LogP contribution in [0.25, 0.3) is 11.3 Å². The van der Waals surface area contributed by atoms with E-state index >= 15 is 0 Å². The molecule has 1 fully saturated rings. The van der Waals surface area contributed by atoms with Gasteiger partial charge in [0.15, 0.2) is 5.75 Å². The van der Waals surface area contributed by atoms with Gasteiger partial charge >= 0.3 is 5.97 Å². The van der Waals surface area contributed by atoms with E-state index in [1.54, 1.807) is 18.5 Å². The minimum Gasteiger partial charge on any atom is -0.481 e. The van der Waals surface area contributed by atoms with Gasteiger partial charge in [0.2, 0.25) is 11.8 Å². The van der Waals surface area contributed by atoms with E-state index in [9.17, 15) is 4.79 Å². The van der Waals surface area contributed by atoms with Crippen LogP contribution in [0.1, 0.15) is 30.5 Å². The van der Waals surface area contributed by atoms with E-state index in [-0.39, 0.29) is 12.3 Å². The number of aromatic nitrogens is 5. The van der Waals surface area contributed by atoms with Crippen molar-refractivity contribution in [3.05, 3.63) is 76.6 Å². The number of carboxylic acids is 1. The first-order valence-corrected chi connectivity index (χ1v) is 14.3. The van der Waals surface area contributed by atoms with Crippen LogP contribution in [0.3, 0.4) is 0 Å². The number of anilines is 1. The topological polar surface area (TPSA) is 109 Å². The van der Waals surface area contributed by atoms with Crippen LogP contribution in [0, 0.1) is 5.92 Å². The Hall–Kier alpha value is -3.73. The summed E-state index contributed by atoms with van der Waals surface area (Å²) < 4.78 is 8.29. The summed E-state index contributed by atoms with van der Waals surface area (Å²) in [5, 5.41) is 10.2. The van der Waals surface area contributed by atoms with Gasteiger partial charge in [-0.3, -0.25) is 9.69 Å². The molecule has 0 radical (unpaired) electrons. The second-order valence-corrected chi connectivity index (χ2v) is 11.4. The number of halogens is 2. The second kappa shape index (κ2) is 12.0. The lowest BCUT2D eigenvalue weighted by Gasteiger charge is -2.31. The fourth-order valence-electron chi connectivity index (χ4n) is 5.41. The molecule has 12 heteroatoms. The standard InChI is InChI=1S/C29H29Cl2N7O3/c30-22-10-21(11-23(31)12-22)26-7-20(16-36-3-1-19(2-4-36)9-28(39)40)8-27(35-26)41-25-14-33-29(34-15-25)37-5-6-38-18-32-13-24(38)17-37/h7-8,10-15,18-19H,1-6,9,16-17H2,(H,39,40). The minimum absolute atomic E-state index is 0.222. The first-order valence-electron chi connectivity index (χ1n) is 13.5. The molecule has 0 bridgehead atoms. The number of piperidine rings is 1. The Labute approximate surface area is 247 Å². The molecule has 1 aromatic carbocycles. The number of pyridine rings is 1. The molecule has 212 valence electrons. The van der Waals surface area contributed by atoms with Gasteiger partial charge < -0.3 is 19.3 Å². The van der Waals surface area contributed by atoms with Crippen LogP contribution in [-0.4, -0.2) is 60.1 Å². The number of imidazole rings is 1. The largest absolute Gasteiger partial charge is 0.481 e. The van der Waals surface area contributed by atoms with Gasteiger partial charge in [-0.2, -0.15) is 0 Å². The molecule has 3 aromatic heterocycles. The first-order chi connectivity index (χ1) is 19.9. The van der Waals surface area contributed by atoms with Crippen molar-refractivity contribution in [1.82, 2.24) is 29.4 Å². The van der Waals surface area contributed by atoms with E-state index in [1.807, 2.05) is 36.8 Å². The number of hydrogen-bond acceptors (Lipinski definition) is 8. The zero-order valence-electron chi connectivity index (χ0n) is 22.3. The number of likely N-dealkylation sites (tertiary alicyclic amines) is 1. The summed E-state index contributed by atoms with van der Waals surface area (Å²) in [6, 6.07) is 9.26. The number of nitrogens with zero attached hydrogens (tertiary/aromatic N) is 7. The average molecular weight is 595 g/mol. The van der Waals surface area contributed by atoms with Crippen molar-refractivity contribution in [3.8, 4) is 22.9 Å². The van der Waals surface area contributed by atoms with Gasteiger partial charge in [0.25, 0.3) is 0 Å². The number of hydrogen-bond donors (Lipinski definition) is 1. The Morgan fingerprint density at radius 1 is 0.976 bits per heavy atom. The van der Waals surface area contributed by atoms with E-state index in [0.29, 0.717) is 46.4 Å². The van der Waals surface area contributed by atoms with Gasteiger partial charge in [-0.1, -0.05) is 23.2 Å². The van der Waals surface area contributed by atoms with Gasteiger partial charge in [-0.15, -0.1) is 0 Å². The highest BCUT2D eigenvalue weighted by molar-refractivity contribution is 6.35. The average Bonchev–Trinajstić information content (AvgIpc) is 3.42. The van der Waals surface area contributed by atoms with Crippen molar-refractivity contribution >= 4 is 35.1 Å². The highest BCUT2D eigenvalue weighted by Gasteiger charge is 2.22. The molecule has 0 aliphatic carbocycles. The zero-order valence-corrected chi connectivity index (χ0v) is 23.8. The monoisotopic (exact) mass is 593 g/mol. The lowest BCUT2D eigenvalue weighted by molar-refractivity contribution is -0.138.